The predicted molar refractivity (Wildman–Crippen MR) is 139 cm³/mol. The number of aromatic carboxylic acids is 4. The zero-order valence-electron chi connectivity index (χ0n) is 20.2. The zero-order chi connectivity index (χ0) is 27.5. The highest BCUT2D eigenvalue weighted by molar-refractivity contribution is 6.18. The van der Waals surface area contributed by atoms with Crippen LogP contribution in [-0.4, -0.2) is 44.3 Å². The zero-order valence-corrected chi connectivity index (χ0v) is 20.2. The van der Waals surface area contributed by atoms with Crippen LogP contribution in [-0.2, 0) is 0 Å². The third-order valence-corrected chi connectivity index (χ3v) is 7.09. The minimum Gasteiger partial charge on any atom is -0.478 e. The van der Waals surface area contributed by atoms with Crippen LogP contribution in [0, 0.1) is 13.8 Å². The van der Waals surface area contributed by atoms with Crippen LogP contribution in [0.2, 0.25) is 0 Å². The summed E-state index contributed by atoms with van der Waals surface area (Å²) in [5.74, 6) is -4.83. The Labute approximate surface area is 216 Å². The smallest absolute Gasteiger partial charge is 0.337 e. The van der Waals surface area contributed by atoms with Gasteiger partial charge in [-0.1, -0.05) is 54.6 Å². The second kappa shape index (κ2) is 8.70. The average Bonchev–Trinajstić information content (AvgIpc) is 2.85. The molecule has 0 saturated heterocycles. The van der Waals surface area contributed by atoms with Crippen LogP contribution in [0.5, 0.6) is 0 Å². The van der Waals surface area contributed by atoms with Gasteiger partial charge in [-0.3, -0.25) is 0 Å². The molecule has 4 N–H and O–H groups in total. The second-order valence-electron chi connectivity index (χ2n) is 8.97. The number of carboxylic acids is 4. The fraction of sp³-hybridized carbons (Fsp3) is 0.0667. The molecule has 0 amide bonds. The van der Waals surface area contributed by atoms with Gasteiger partial charge in [-0.25, -0.2) is 19.2 Å². The molecule has 4 aromatic carbocycles. The Morgan fingerprint density at radius 2 is 0.921 bits per heavy atom. The van der Waals surface area contributed by atoms with Gasteiger partial charge in [-0.15, -0.1) is 0 Å². The van der Waals surface area contributed by atoms with E-state index in [1.807, 2.05) is 43.3 Å². The molecule has 2 aliphatic rings. The van der Waals surface area contributed by atoms with Crippen molar-refractivity contribution in [3.63, 3.8) is 0 Å². The summed E-state index contributed by atoms with van der Waals surface area (Å²) in [7, 11) is 0. The van der Waals surface area contributed by atoms with Gasteiger partial charge in [0, 0.05) is 11.1 Å². The molecule has 6 rings (SSSR count). The number of fused-ring (bicyclic) bond motifs is 8. The Bertz CT molecular complexity index is 1750. The number of hydrogen-bond donors (Lipinski definition) is 4. The molecule has 0 atom stereocenters. The van der Waals surface area contributed by atoms with Gasteiger partial charge in [0.1, 0.15) is 0 Å². The van der Waals surface area contributed by atoms with Gasteiger partial charge < -0.3 is 20.4 Å². The summed E-state index contributed by atoms with van der Waals surface area (Å²) in [6.45, 7) is 3.49. The molecule has 0 saturated carbocycles. The molecule has 0 unspecified atom stereocenters. The highest BCUT2D eigenvalue weighted by atomic mass is 16.4. The van der Waals surface area contributed by atoms with Crippen LogP contribution < -0.4 is 0 Å². The maximum Gasteiger partial charge on any atom is 0.337 e. The van der Waals surface area contributed by atoms with Crippen molar-refractivity contribution in [3.8, 4) is 44.5 Å². The maximum atomic E-state index is 11.5. The first-order chi connectivity index (χ1) is 18.1. The first-order valence-electron chi connectivity index (χ1n) is 11.5. The minimum absolute atomic E-state index is 0.102. The SMILES string of the molecule is Cc1c(C)c2c(c(C(=O)O)c1C(=O)O)-c1ccccc1-2.O=C(O)c1ccc2c(c1C(=O)O)-c1ccccc1-2. The lowest BCUT2D eigenvalue weighted by Gasteiger charge is -2.30. The van der Waals surface area contributed by atoms with E-state index in [2.05, 4.69) is 0 Å². The molecule has 2 aliphatic carbocycles. The van der Waals surface area contributed by atoms with E-state index in [0.717, 1.165) is 38.9 Å². The monoisotopic (exact) mass is 508 g/mol. The molecule has 8 heteroatoms. The van der Waals surface area contributed by atoms with Gasteiger partial charge >= 0.3 is 23.9 Å². The first kappa shape index (κ1) is 24.5. The number of carboxylic acid groups (broad SMARTS) is 4. The highest BCUT2D eigenvalue weighted by Crippen LogP contribution is 2.52. The quantitative estimate of drug-likeness (QED) is 0.224. The van der Waals surface area contributed by atoms with E-state index < -0.39 is 23.9 Å². The van der Waals surface area contributed by atoms with Gasteiger partial charge in [-0.05, 0) is 64.4 Å². The van der Waals surface area contributed by atoms with Crippen molar-refractivity contribution in [2.45, 2.75) is 13.8 Å². The summed E-state index contributed by atoms with van der Waals surface area (Å²) in [6.07, 6.45) is 0. The van der Waals surface area contributed by atoms with E-state index in [1.54, 1.807) is 25.1 Å². The van der Waals surface area contributed by atoms with Crippen LogP contribution in [0.25, 0.3) is 44.5 Å². The normalized spacial score (nSPS) is 11.2. The molecule has 0 heterocycles. The molecule has 0 radical (unpaired) electrons. The summed E-state index contributed by atoms with van der Waals surface area (Å²) in [6, 6.07) is 17.8. The summed E-state index contributed by atoms with van der Waals surface area (Å²) in [5.41, 5.74) is 7.14. The Balaban J connectivity index is 0.000000156. The van der Waals surface area contributed by atoms with Crippen molar-refractivity contribution >= 4 is 23.9 Å². The largest absolute Gasteiger partial charge is 0.478 e. The average molecular weight is 508 g/mol. The van der Waals surface area contributed by atoms with Crippen LogP contribution in [0.4, 0.5) is 0 Å². The van der Waals surface area contributed by atoms with Crippen molar-refractivity contribution in [3.05, 3.63) is 94.0 Å². The van der Waals surface area contributed by atoms with E-state index in [9.17, 15) is 34.5 Å². The summed E-state index contributed by atoms with van der Waals surface area (Å²) >= 11 is 0. The van der Waals surface area contributed by atoms with Gasteiger partial charge in [0.2, 0.25) is 0 Å². The third kappa shape index (κ3) is 3.38. The molecule has 0 spiro atoms. The van der Waals surface area contributed by atoms with Crippen LogP contribution in [0.15, 0.2) is 60.7 Å². The molecule has 0 fully saturated rings. The summed E-state index contributed by atoms with van der Waals surface area (Å²) in [5, 5.41) is 37.0. The molecule has 0 aliphatic heterocycles. The third-order valence-electron chi connectivity index (χ3n) is 7.09. The second-order valence-corrected chi connectivity index (χ2v) is 8.97. The van der Waals surface area contributed by atoms with Gasteiger partial charge in [0.25, 0.3) is 0 Å². The van der Waals surface area contributed by atoms with Crippen molar-refractivity contribution in [1.29, 1.82) is 0 Å². The van der Waals surface area contributed by atoms with Crippen molar-refractivity contribution in [2.75, 3.05) is 0 Å². The molecule has 8 nitrogen and oxygen atoms in total. The standard InChI is InChI=1S/C16H12O4.C14H8O4/c1-7-8(2)12(15(17)18)14(16(19)20)13-10-6-4-3-5-9(10)11(7)13;15-13(16)10-6-5-9-7-3-1-2-4-8(7)11(9)12(10)14(17)18/h3-6H,1-2H3,(H,17,18)(H,19,20);1-6H,(H,15,16)(H,17,18). The Morgan fingerprint density at radius 3 is 1.42 bits per heavy atom. The number of carbonyl (C=O) groups is 4. The van der Waals surface area contributed by atoms with E-state index in [-0.39, 0.29) is 22.3 Å². The van der Waals surface area contributed by atoms with Gasteiger partial charge in [0.15, 0.2) is 0 Å². The molecule has 0 bridgehead atoms. The van der Waals surface area contributed by atoms with E-state index in [0.29, 0.717) is 16.7 Å². The Hall–Kier alpha value is -5.24. The Kier molecular flexibility index (Phi) is 5.60. The fourth-order valence-electron chi connectivity index (χ4n) is 5.32. The van der Waals surface area contributed by atoms with Crippen LogP contribution in [0.1, 0.15) is 52.6 Å². The van der Waals surface area contributed by atoms with Crippen molar-refractivity contribution in [1.82, 2.24) is 0 Å². The van der Waals surface area contributed by atoms with E-state index in [4.69, 9.17) is 5.11 Å². The van der Waals surface area contributed by atoms with E-state index in [1.165, 1.54) is 6.07 Å². The molecular weight excluding hydrogens is 488 g/mol. The van der Waals surface area contributed by atoms with Crippen molar-refractivity contribution < 1.29 is 39.6 Å². The van der Waals surface area contributed by atoms with Crippen LogP contribution in [0.3, 0.4) is 0 Å². The Morgan fingerprint density at radius 1 is 0.447 bits per heavy atom. The highest BCUT2D eigenvalue weighted by Gasteiger charge is 2.35. The maximum absolute atomic E-state index is 11.5. The lowest BCUT2D eigenvalue weighted by atomic mass is 9.72. The molecule has 188 valence electrons. The molecular formula is C30H20O8. The minimum atomic E-state index is -1.22. The summed E-state index contributed by atoms with van der Waals surface area (Å²) in [4.78, 5) is 45.3. The lowest BCUT2D eigenvalue weighted by Crippen LogP contribution is -2.18. The van der Waals surface area contributed by atoms with Crippen LogP contribution >= 0.6 is 0 Å². The number of benzene rings is 4. The lowest BCUT2D eigenvalue weighted by molar-refractivity contribution is 0.0651. The van der Waals surface area contributed by atoms with Crippen molar-refractivity contribution in [2.24, 2.45) is 0 Å². The number of hydrogen-bond acceptors (Lipinski definition) is 4. The van der Waals surface area contributed by atoms with E-state index >= 15 is 0 Å². The predicted octanol–water partition coefficient (Wildman–Crippen LogP) is 6.08. The molecule has 0 aromatic heterocycles. The van der Waals surface area contributed by atoms with Gasteiger partial charge in [0.05, 0.1) is 22.3 Å². The fourth-order valence-corrected chi connectivity index (χ4v) is 5.32. The molecule has 38 heavy (non-hydrogen) atoms. The number of rotatable bonds is 4. The van der Waals surface area contributed by atoms with Gasteiger partial charge in [-0.2, -0.15) is 0 Å². The summed E-state index contributed by atoms with van der Waals surface area (Å²) < 4.78 is 0. The topological polar surface area (TPSA) is 149 Å². The first-order valence-corrected chi connectivity index (χ1v) is 11.5. The molecule has 4 aromatic rings.